The van der Waals surface area contributed by atoms with Crippen molar-refractivity contribution in [2.45, 2.75) is 6.92 Å². The van der Waals surface area contributed by atoms with Crippen molar-refractivity contribution in [3.63, 3.8) is 0 Å². The first-order valence-electron chi connectivity index (χ1n) is 5.96. The molecule has 0 fully saturated rings. The highest BCUT2D eigenvalue weighted by atomic mass is 35.5. The highest BCUT2D eigenvalue weighted by Gasteiger charge is 2.21. The lowest BCUT2D eigenvalue weighted by Crippen LogP contribution is -2.26. The molecule has 0 saturated heterocycles. The van der Waals surface area contributed by atoms with Gasteiger partial charge in [0.2, 0.25) is 5.91 Å². The quantitative estimate of drug-likeness (QED) is 0.943. The van der Waals surface area contributed by atoms with Crippen LogP contribution in [-0.2, 0) is 4.79 Å². The minimum atomic E-state index is -0.598. The number of benzene rings is 2. The predicted octanol–water partition coefficient (Wildman–Crippen LogP) is 3.12. The summed E-state index contributed by atoms with van der Waals surface area (Å²) in [4.78, 5) is 24.9. The summed E-state index contributed by atoms with van der Waals surface area (Å²) < 4.78 is 0. The number of para-hydroxylation sites is 2. The summed E-state index contributed by atoms with van der Waals surface area (Å²) in [6.07, 6.45) is 0. The first-order chi connectivity index (χ1) is 9.52. The number of halogens is 1. The van der Waals surface area contributed by atoms with E-state index in [0.717, 1.165) is 0 Å². The lowest BCUT2D eigenvalue weighted by atomic mass is 10.1. The van der Waals surface area contributed by atoms with Crippen LogP contribution in [0.15, 0.2) is 48.5 Å². The fourth-order valence-corrected chi connectivity index (χ4v) is 2.20. The standard InChI is InChI=1S/C15H13ClN2O2/c1-10(19)18(14-9-5-3-7-12(14)16)13-8-4-2-6-11(13)15(17)20/h2-9H,1H3,(H2,17,20). The molecule has 0 aromatic heterocycles. The normalized spacial score (nSPS) is 10.1. The number of hydrogen-bond acceptors (Lipinski definition) is 2. The van der Waals surface area contributed by atoms with Gasteiger partial charge in [0, 0.05) is 6.92 Å². The number of carbonyl (C=O) groups excluding carboxylic acids is 2. The number of nitrogens with zero attached hydrogens (tertiary/aromatic N) is 1. The van der Waals surface area contributed by atoms with E-state index in [1.807, 2.05) is 0 Å². The molecule has 4 nitrogen and oxygen atoms in total. The molecule has 5 heteroatoms. The molecule has 0 aliphatic carbocycles. The van der Waals surface area contributed by atoms with Gasteiger partial charge in [0.1, 0.15) is 0 Å². The van der Waals surface area contributed by atoms with Crippen LogP contribution in [0.5, 0.6) is 0 Å². The van der Waals surface area contributed by atoms with Gasteiger partial charge in [-0.1, -0.05) is 35.9 Å². The molecular weight excluding hydrogens is 276 g/mol. The van der Waals surface area contributed by atoms with Crippen molar-refractivity contribution in [2.24, 2.45) is 5.73 Å². The molecule has 2 aromatic rings. The largest absolute Gasteiger partial charge is 0.366 e. The number of amides is 2. The van der Waals surface area contributed by atoms with Gasteiger partial charge in [-0.3, -0.25) is 14.5 Å². The van der Waals surface area contributed by atoms with Gasteiger partial charge in [-0.25, -0.2) is 0 Å². The van der Waals surface area contributed by atoms with Crippen molar-refractivity contribution in [2.75, 3.05) is 4.90 Å². The molecule has 2 rings (SSSR count). The van der Waals surface area contributed by atoms with E-state index >= 15 is 0 Å². The molecule has 0 unspecified atom stereocenters. The first kappa shape index (κ1) is 14.1. The zero-order chi connectivity index (χ0) is 14.7. The maximum absolute atomic E-state index is 12.0. The van der Waals surface area contributed by atoms with Crippen molar-refractivity contribution in [3.8, 4) is 0 Å². The number of carbonyl (C=O) groups is 2. The summed E-state index contributed by atoms with van der Waals surface area (Å²) in [5, 5.41) is 0.418. The van der Waals surface area contributed by atoms with Gasteiger partial charge < -0.3 is 5.73 Å². The van der Waals surface area contributed by atoms with Crippen LogP contribution in [0.1, 0.15) is 17.3 Å². The third-order valence-corrected chi connectivity index (χ3v) is 3.14. The van der Waals surface area contributed by atoms with Gasteiger partial charge in [0.25, 0.3) is 5.91 Å². The smallest absolute Gasteiger partial charge is 0.250 e. The second kappa shape index (κ2) is 5.75. The van der Waals surface area contributed by atoms with E-state index in [1.165, 1.54) is 11.8 Å². The Balaban J connectivity index is 2.65. The summed E-state index contributed by atoms with van der Waals surface area (Å²) >= 11 is 6.13. The lowest BCUT2D eigenvalue weighted by molar-refractivity contribution is -0.115. The van der Waals surface area contributed by atoms with Crippen LogP contribution in [0.2, 0.25) is 5.02 Å². The number of hydrogen-bond donors (Lipinski definition) is 1. The van der Waals surface area contributed by atoms with E-state index in [9.17, 15) is 9.59 Å². The van der Waals surface area contributed by atoms with Crippen LogP contribution < -0.4 is 10.6 Å². The summed E-state index contributed by atoms with van der Waals surface area (Å²) in [5.41, 5.74) is 6.55. The molecule has 0 atom stereocenters. The Labute approximate surface area is 121 Å². The van der Waals surface area contributed by atoms with E-state index in [-0.39, 0.29) is 11.5 Å². The van der Waals surface area contributed by atoms with Gasteiger partial charge >= 0.3 is 0 Å². The van der Waals surface area contributed by atoms with Crippen molar-refractivity contribution < 1.29 is 9.59 Å². The molecule has 0 aliphatic rings. The van der Waals surface area contributed by atoms with Gasteiger partial charge in [0.15, 0.2) is 0 Å². The number of rotatable bonds is 3. The minimum Gasteiger partial charge on any atom is -0.366 e. The number of anilines is 2. The van der Waals surface area contributed by atoms with Crippen molar-refractivity contribution in [1.29, 1.82) is 0 Å². The Bertz CT molecular complexity index is 670. The van der Waals surface area contributed by atoms with E-state index in [4.69, 9.17) is 17.3 Å². The maximum Gasteiger partial charge on any atom is 0.250 e. The molecule has 2 aromatic carbocycles. The molecule has 102 valence electrons. The van der Waals surface area contributed by atoms with Crippen LogP contribution >= 0.6 is 11.6 Å². The molecular formula is C15H13ClN2O2. The fraction of sp³-hybridized carbons (Fsp3) is 0.0667. The van der Waals surface area contributed by atoms with Crippen LogP contribution in [0.3, 0.4) is 0 Å². The van der Waals surface area contributed by atoms with E-state index < -0.39 is 5.91 Å². The summed E-state index contributed by atoms with van der Waals surface area (Å²) in [5.74, 6) is -0.856. The van der Waals surface area contributed by atoms with Crippen LogP contribution in [0.4, 0.5) is 11.4 Å². The highest BCUT2D eigenvalue weighted by molar-refractivity contribution is 6.34. The van der Waals surface area contributed by atoms with E-state index in [2.05, 4.69) is 0 Å². The Morgan fingerprint density at radius 1 is 1.00 bits per heavy atom. The fourth-order valence-electron chi connectivity index (χ4n) is 1.98. The summed E-state index contributed by atoms with van der Waals surface area (Å²) in [6, 6.07) is 13.6. The van der Waals surface area contributed by atoms with Crippen molar-refractivity contribution >= 4 is 34.8 Å². The number of nitrogens with two attached hydrogens (primary N) is 1. The topological polar surface area (TPSA) is 63.4 Å². The Morgan fingerprint density at radius 3 is 2.10 bits per heavy atom. The number of primary amides is 1. The van der Waals surface area contributed by atoms with Gasteiger partial charge in [-0.2, -0.15) is 0 Å². The average molecular weight is 289 g/mol. The summed E-state index contributed by atoms with van der Waals surface area (Å²) in [6.45, 7) is 1.40. The van der Waals surface area contributed by atoms with Gasteiger partial charge in [-0.15, -0.1) is 0 Å². The minimum absolute atomic E-state index is 0.258. The highest BCUT2D eigenvalue weighted by Crippen LogP contribution is 2.33. The third kappa shape index (κ3) is 2.65. The first-order valence-corrected chi connectivity index (χ1v) is 6.34. The summed E-state index contributed by atoms with van der Waals surface area (Å²) in [7, 11) is 0. The molecule has 0 saturated carbocycles. The Kier molecular flexibility index (Phi) is 4.05. The monoisotopic (exact) mass is 288 g/mol. The zero-order valence-corrected chi connectivity index (χ0v) is 11.6. The van der Waals surface area contributed by atoms with Crippen LogP contribution in [0, 0.1) is 0 Å². The second-order valence-electron chi connectivity index (χ2n) is 4.19. The van der Waals surface area contributed by atoms with Crippen molar-refractivity contribution in [1.82, 2.24) is 0 Å². The Hall–Kier alpha value is -2.33. The second-order valence-corrected chi connectivity index (χ2v) is 4.59. The van der Waals surface area contributed by atoms with E-state index in [0.29, 0.717) is 16.4 Å². The van der Waals surface area contributed by atoms with Gasteiger partial charge in [0.05, 0.1) is 22.0 Å². The predicted molar refractivity (Wildman–Crippen MR) is 79.2 cm³/mol. The SMILES string of the molecule is CC(=O)N(c1ccccc1Cl)c1ccccc1C(N)=O. The lowest BCUT2D eigenvalue weighted by Gasteiger charge is -2.24. The maximum atomic E-state index is 12.0. The van der Waals surface area contributed by atoms with Crippen LogP contribution in [-0.4, -0.2) is 11.8 Å². The third-order valence-electron chi connectivity index (χ3n) is 2.82. The molecule has 0 bridgehead atoms. The molecule has 2 N–H and O–H groups in total. The molecule has 0 heterocycles. The van der Waals surface area contributed by atoms with Gasteiger partial charge in [-0.05, 0) is 24.3 Å². The molecule has 20 heavy (non-hydrogen) atoms. The molecule has 0 radical (unpaired) electrons. The molecule has 2 amide bonds. The zero-order valence-electron chi connectivity index (χ0n) is 10.8. The van der Waals surface area contributed by atoms with Crippen LogP contribution in [0.25, 0.3) is 0 Å². The average Bonchev–Trinajstić information content (AvgIpc) is 2.41. The molecule has 0 spiro atoms. The van der Waals surface area contributed by atoms with Crippen molar-refractivity contribution in [3.05, 3.63) is 59.1 Å². The Morgan fingerprint density at radius 2 is 1.55 bits per heavy atom. The van der Waals surface area contributed by atoms with E-state index in [1.54, 1.807) is 48.5 Å². The molecule has 0 aliphatic heterocycles.